The van der Waals surface area contributed by atoms with Crippen LogP contribution >= 0.6 is 0 Å². The zero-order valence-electron chi connectivity index (χ0n) is 15.1. The summed E-state index contributed by atoms with van der Waals surface area (Å²) in [4.78, 5) is 27.4. The number of carbonyl (C=O) groups is 2. The number of rotatable bonds is 3. The van der Waals surface area contributed by atoms with E-state index in [4.69, 9.17) is 5.11 Å². The number of likely N-dealkylation sites (tertiary alicyclic amines) is 2. The standard InChI is InChI=1S/C19H26FN3O3/c1-13-11-14(20)4-5-17(13)18(24)21-15-3-2-8-23(12-15)16-6-9-22(10-7-16)19(25)26/h4-5,11,15-16H,2-3,6-10,12H2,1H3,(H,21,24)(H,25,26). The van der Waals surface area contributed by atoms with E-state index in [1.54, 1.807) is 6.92 Å². The molecule has 142 valence electrons. The Morgan fingerprint density at radius 1 is 1.19 bits per heavy atom. The molecule has 1 unspecified atom stereocenters. The zero-order chi connectivity index (χ0) is 18.7. The van der Waals surface area contributed by atoms with Crippen molar-refractivity contribution in [3.63, 3.8) is 0 Å². The normalized spacial score (nSPS) is 22.2. The van der Waals surface area contributed by atoms with Gasteiger partial charge in [0.25, 0.3) is 5.91 Å². The SMILES string of the molecule is Cc1cc(F)ccc1C(=O)NC1CCCN(C2CCN(C(=O)O)CC2)C1. The van der Waals surface area contributed by atoms with E-state index in [9.17, 15) is 14.0 Å². The van der Waals surface area contributed by atoms with E-state index >= 15 is 0 Å². The van der Waals surface area contributed by atoms with Crippen molar-refractivity contribution in [1.82, 2.24) is 15.1 Å². The highest BCUT2D eigenvalue weighted by Crippen LogP contribution is 2.21. The first kappa shape index (κ1) is 18.6. The van der Waals surface area contributed by atoms with Crippen molar-refractivity contribution >= 4 is 12.0 Å². The van der Waals surface area contributed by atoms with Gasteiger partial charge in [0.1, 0.15) is 5.82 Å². The van der Waals surface area contributed by atoms with Crippen LogP contribution in [0, 0.1) is 12.7 Å². The van der Waals surface area contributed by atoms with Crippen LogP contribution in [0.1, 0.15) is 41.6 Å². The second-order valence-electron chi connectivity index (χ2n) is 7.27. The number of hydrogen-bond acceptors (Lipinski definition) is 3. The predicted octanol–water partition coefficient (Wildman–Crippen LogP) is 2.47. The average Bonchev–Trinajstić information content (AvgIpc) is 2.62. The lowest BCUT2D eigenvalue weighted by Gasteiger charge is -2.41. The molecular formula is C19H26FN3O3. The van der Waals surface area contributed by atoms with Gasteiger partial charge in [0.15, 0.2) is 0 Å². The average molecular weight is 363 g/mol. The maximum atomic E-state index is 13.2. The van der Waals surface area contributed by atoms with Crippen molar-refractivity contribution in [3.05, 3.63) is 35.1 Å². The lowest BCUT2D eigenvalue weighted by atomic mass is 9.97. The van der Waals surface area contributed by atoms with Crippen molar-refractivity contribution in [1.29, 1.82) is 0 Å². The van der Waals surface area contributed by atoms with Crippen LogP contribution in [0.25, 0.3) is 0 Å². The summed E-state index contributed by atoms with van der Waals surface area (Å²) in [5.74, 6) is -0.495. The third-order valence-electron chi connectivity index (χ3n) is 5.47. The van der Waals surface area contributed by atoms with Crippen molar-refractivity contribution < 1.29 is 19.1 Å². The molecule has 2 aliphatic heterocycles. The molecule has 7 heteroatoms. The summed E-state index contributed by atoms with van der Waals surface area (Å²) < 4.78 is 13.2. The smallest absolute Gasteiger partial charge is 0.407 e. The third-order valence-corrected chi connectivity index (χ3v) is 5.47. The Morgan fingerprint density at radius 2 is 1.92 bits per heavy atom. The number of piperidine rings is 2. The minimum atomic E-state index is -0.845. The van der Waals surface area contributed by atoms with Gasteiger partial charge in [-0.3, -0.25) is 9.69 Å². The summed E-state index contributed by atoms with van der Waals surface area (Å²) >= 11 is 0. The van der Waals surface area contributed by atoms with Gasteiger partial charge in [-0.15, -0.1) is 0 Å². The Morgan fingerprint density at radius 3 is 2.58 bits per heavy atom. The molecule has 0 aromatic heterocycles. The van der Waals surface area contributed by atoms with Gasteiger partial charge >= 0.3 is 6.09 Å². The Kier molecular flexibility index (Phi) is 5.76. The molecular weight excluding hydrogens is 337 g/mol. The van der Waals surface area contributed by atoms with Crippen LogP contribution in [0.3, 0.4) is 0 Å². The summed E-state index contributed by atoms with van der Waals surface area (Å²) in [5, 5.41) is 12.1. The highest BCUT2D eigenvalue weighted by atomic mass is 19.1. The van der Waals surface area contributed by atoms with E-state index < -0.39 is 6.09 Å². The van der Waals surface area contributed by atoms with Gasteiger partial charge in [0, 0.05) is 37.3 Å². The van der Waals surface area contributed by atoms with Crippen LogP contribution in [0.5, 0.6) is 0 Å². The Hall–Kier alpha value is -2.15. The molecule has 2 saturated heterocycles. The number of carboxylic acid groups (broad SMARTS) is 1. The molecule has 2 amide bonds. The maximum absolute atomic E-state index is 13.2. The zero-order valence-corrected chi connectivity index (χ0v) is 15.1. The van der Waals surface area contributed by atoms with Gasteiger partial charge in [-0.1, -0.05) is 0 Å². The minimum absolute atomic E-state index is 0.0678. The predicted molar refractivity (Wildman–Crippen MR) is 95.8 cm³/mol. The molecule has 3 rings (SSSR count). The van der Waals surface area contributed by atoms with Gasteiger partial charge < -0.3 is 15.3 Å². The Labute approximate surface area is 153 Å². The van der Waals surface area contributed by atoms with E-state index in [1.165, 1.54) is 23.1 Å². The molecule has 0 saturated carbocycles. The van der Waals surface area contributed by atoms with Crippen molar-refractivity contribution in [3.8, 4) is 0 Å². The molecule has 0 radical (unpaired) electrons. The van der Waals surface area contributed by atoms with Crippen LogP contribution in [-0.4, -0.2) is 65.2 Å². The lowest BCUT2D eigenvalue weighted by molar-refractivity contribution is 0.0697. The number of aryl methyl sites for hydroxylation is 1. The van der Waals surface area contributed by atoms with E-state index in [2.05, 4.69) is 10.2 Å². The summed E-state index contributed by atoms with van der Waals surface area (Å²) in [6.45, 7) is 4.65. The van der Waals surface area contributed by atoms with Gasteiger partial charge in [-0.2, -0.15) is 0 Å². The number of nitrogens with zero attached hydrogens (tertiary/aromatic N) is 2. The topological polar surface area (TPSA) is 72.9 Å². The number of carbonyl (C=O) groups excluding carboxylic acids is 1. The third kappa shape index (κ3) is 4.33. The molecule has 6 nitrogen and oxygen atoms in total. The lowest BCUT2D eigenvalue weighted by Crippen LogP contribution is -2.53. The second-order valence-corrected chi connectivity index (χ2v) is 7.27. The fourth-order valence-corrected chi connectivity index (χ4v) is 4.02. The molecule has 1 aromatic carbocycles. The molecule has 0 bridgehead atoms. The summed E-state index contributed by atoms with van der Waals surface area (Å²) in [6, 6.07) is 4.65. The fraction of sp³-hybridized carbons (Fsp3) is 0.579. The minimum Gasteiger partial charge on any atom is -0.465 e. The molecule has 2 heterocycles. The second kappa shape index (κ2) is 8.03. The number of nitrogens with one attached hydrogen (secondary N) is 1. The quantitative estimate of drug-likeness (QED) is 0.865. The van der Waals surface area contributed by atoms with Crippen molar-refractivity contribution in [2.45, 2.75) is 44.7 Å². The molecule has 26 heavy (non-hydrogen) atoms. The Bertz CT molecular complexity index is 674. The monoisotopic (exact) mass is 363 g/mol. The van der Waals surface area contributed by atoms with Crippen molar-refractivity contribution in [2.75, 3.05) is 26.2 Å². The van der Waals surface area contributed by atoms with Gasteiger partial charge in [-0.25, -0.2) is 9.18 Å². The van der Waals surface area contributed by atoms with E-state index in [0.717, 1.165) is 38.8 Å². The van der Waals surface area contributed by atoms with Gasteiger partial charge in [0.2, 0.25) is 0 Å². The number of benzene rings is 1. The van der Waals surface area contributed by atoms with E-state index in [0.29, 0.717) is 30.3 Å². The maximum Gasteiger partial charge on any atom is 0.407 e. The number of hydrogen-bond donors (Lipinski definition) is 2. The first-order valence-electron chi connectivity index (χ1n) is 9.23. The molecule has 2 N–H and O–H groups in total. The van der Waals surface area contributed by atoms with Crippen molar-refractivity contribution in [2.24, 2.45) is 0 Å². The van der Waals surface area contributed by atoms with Crippen LogP contribution in [0.4, 0.5) is 9.18 Å². The van der Waals surface area contributed by atoms with E-state index in [1.807, 2.05) is 0 Å². The first-order chi connectivity index (χ1) is 12.4. The van der Waals surface area contributed by atoms with Crippen LogP contribution in [-0.2, 0) is 0 Å². The number of amides is 2. The summed E-state index contributed by atoms with van der Waals surface area (Å²) in [7, 11) is 0. The van der Waals surface area contributed by atoms with Crippen LogP contribution < -0.4 is 5.32 Å². The summed E-state index contributed by atoms with van der Waals surface area (Å²) in [5.41, 5.74) is 1.15. The molecule has 0 spiro atoms. The molecule has 2 aliphatic rings. The molecule has 0 aliphatic carbocycles. The number of halogens is 1. The highest BCUT2D eigenvalue weighted by Gasteiger charge is 2.30. The fourth-order valence-electron chi connectivity index (χ4n) is 4.02. The first-order valence-corrected chi connectivity index (χ1v) is 9.23. The molecule has 1 aromatic rings. The Balaban J connectivity index is 1.55. The van der Waals surface area contributed by atoms with Crippen LogP contribution in [0.15, 0.2) is 18.2 Å². The van der Waals surface area contributed by atoms with Crippen LogP contribution in [0.2, 0.25) is 0 Å². The summed E-state index contributed by atoms with van der Waals surface area (Å²) in [6.07, 6.45) is 2.76. The van der Waals surface area contributed by atoms with Gasteiger partial charge in [0.05, 0.1) is 0 Å². The van der Waals surface area contributed by atoms with E-state index in [-0.39, 0.29) is 17.8 Å². The highest BCUT2D eigenvalue weighted by molar-refractivity contribution is 5.95. The largest absolute Gasteiger partial charge is 0.465 e. The molecule has 1 atom stereocenters. The molecule has 2 fully saturated rings. The van der Waals surface area contributed by atoms with Gasteiger partial charge in [-0.05, 0) is 62.9 Å².